The average molecular weight is 190 g/mol. The highest BCUT2D eigenvalue weighted by Gasteiger charge is 2.39. The summed E-state index contributed by atoms with van der Waals surface area (Å²) in [6, 6.07) is 4.52. The highest BCUT2D eigenvalue weighted by atomic mass is 16.6. The van der Waals surface area contributed by atoms with Gasteiger partial charge in [0.1, 0.15) is 0 Å². The Morgan fingerprint density at radius 3 is 2.14 bits per heavy atom. The van der Waals surface area contributed by atoms with Crippen LogP contribution in [0.1, 0.15) is 29.2 Å². The molecule has 0 bridgehead atoms. The number of hydrogen-bond acceptors (Lipinski definition) is 1. The normalized spacial score (nSPS) is 25.1. The lowest BCUT2D eigenvalue weighted by molar-refractivity contribution is 0.321. The van der Waals surface area contributed by atoms with Gasteiger partial charge in [0.25, 0.3) is 0 Å². The lowest BCUT2D eigenvalue weighted by atomic mass is 9.92. The fourth-order valence-electron chi connectivity index (χ4n) is 2.09. The van der Waals surface area contributed by atoms with Gasteiger partial charge >= 0.3 is 0 Å². The third-order valence-electron chi connectivity index (χ3n) is 3.03. The van der Waals surface area contributed by atoms with Gasteiger partial charge < -0.3 is 4.74 Å². The minimum Gasteiger partial charge on any atom is -0.370 e. The van der Waals surface area contributed by atoms with E-state index in [0.29, 0.717) is 0 Å². The molecule has 0 N–H and O–H groups in total. The maximum absolute atomic E-state index is 5.44. The minimum absolute atomic E-state index is 0.130. The lowest BCUT2D eigenvalue weighted by Gasteiger charge is -2.13. The molecule has 1 aromatic rings. The Morgan fingerprint density at radius 1 is 1.21 bits per heavy atom. The molecule has 0 aromatic heterocycles. The molecule has 1 unspecified atom stereocenters. The van der Waals surface area contributed by atoms with Crippen LogP contribution in [0.3, 0.4) is 0 Å². The maximum atomic E-state index is 5.44. The van der Waals surface area contributed by atoms with Gasteiger partial charge in [0.05, 0.1) is 12.2 Å². The van der Waals surface area contributed by atoms with Crippen molar-refractivity contribution >= 4 is 0 Å². The van der Waals surface area contributed by atoms with Crippen molar-refractivity contribution in [2.45, 2.75) is 39.7 Å². The van der Waals surface area contributed by atoms with Crippen molar-refractivity contribution in [3.63, 3.8) is 0 Å². The first-order valence-electron chi connectivity index (χ1n) is 5.21. The summed E-state index contributed by atoms with van der Waals surface area (Å²) in [5, 5.41) is 0. The molecule has 1 aliphatic rings. The molecule has 1 aliphatic heterocycles. The molecule has 1 atom stereocenters. The molecule has 1 fully saturated rings. The van der Waals surface area contributed by atoms with Crippen LogP contribution in [-0.2, 0) is 11.2 Å². The fourth-order valence-corrected chi connectivity index (χ4v) is 2.09. The molecule has 0 amide bonds. The van der Waals surface area contributed by atoms with Crippen molar-refractivity contribution in [2.75, 3.05) is 6.61 Å². The quantitative estimate of drug-likeness (QED) is 0.653. The Labute approximate surface area is 86.1 Å². The van der Waals surface area contributed by atoms with Gasteiger partial charge in [-0.2, -0.15) is 0 Å². The summed E-state index contributed by atoms with van der Waals surface area (Å²) in [5.41, 5.74) is 5.75. The van der Waals surface area contributed by atoms with Crippen LogP contribution in [-0.4, -0.2) is 12.2 Å². The standard InChI is InChI=1S/C13H18O/c1-9-5-10(2)12(11(3)6-9)7-13(4)8-14-13/h5-6H,7-8H2,1-4H3. The topological polar surface area (TPSA) is 12.5 Å². The predicted octanol–water partition coefficient (Wildman–Crippen LogP) is 2.94. The molecule has 1 aromatic carbocycles. The van der Waals surface area contributed by atoms with Crippen LogP contribution in [0.15, 0.2) is 12.1 Å². The van der Waals surface area contributed by atoms with Crippen molar-refractivity contribution in [1.82, 2.24) is 0 Å². The van der Waals surface area contributed by atoms with Crippen LogP contribution in [0.5, 0.6) is 0 Å². The summed E-state index contributed by atoms with van der Waals surface area (Å²) in [7, 11) is 0. The third kappa shape index (κ3) is 1.83. The molecule has 1 saturated heterocycles. The van der Waals surface area contributed by atoms with E-state index in [1.165, 1.54) is 22.3 Å². The van der Waals surface area contributed by atoms with Gasteiger partial charge in [0.15, 0.2) is 0 Å². The molecular formula is C13H18O. The summed E-state index contributed by atoms with van der Waals surface area (Å²) in [6.45, 7) is 9.65. The molecule has 0 spiro atoms. The Bertz CT molecular complexity index is 338. The third-order valence-corrected chi connectivity index (χ3v) is 3.03. The van der Waals surface area contributed by atoms with Crippen molar-refractivity contribution in [3.8, 4) is 0 Å². The predicted molar refractivity (Wildman–Crippen MR) is 58.7 cm³/mol. The first kappa shape index (κ1) is 9.72. The smallest absolute Gasteiger partial charge is 0.0928 e. The molecular weight excluding hydrogens is 172 g/mol. The summed E-state index contributed by atoms with van der Waals surface area (Å²) in [6.07, 6.45) is 1.06. The van der Waals surface area contributed by atoms with Crippen LogP contribution in [0.25, 0.3) is 0 Å². The Kier molecular flexibility index (Phi) is 2.15. The van der Waals surface area contributed by atoms with Crippen LogP contribution in [0, 0.1) is 20.8 Å². The summed E-state index contributed by atoms with van der Waals surface area (Å²) < 4.78 is 5.44. The van der Waals surface area contributed by atoms with Gasteiger partial charge in [-0.25, -0.2) is 0 Å². The Hall–Kier alpha value is -0.820. The van der Waals surface area contributed by atoms with Gasteiger partial charge in [0, 0.05) is 6.42 Å². The zero-order valence-corrected chi connectivity index (χ0v) is 9.48. The SMILES string of the molecule is Cc1cc(C)c(CC2(C)CO2)c(C)c1. The highest BCUT2D eigenvalue weighted by molar-refractivity contribution is 5.38. The fraction of sp³-hybridized carbons (Fsp3) is 0.538. The van der Waals surface area contributed by atoms with E-state index in [2.05, 4.69) is 39.8 Å². The van der Waals surface area contributed by atoms with E-state index in [4.69, 9.17) is 4.74 Å². The van der Waals surface area contributed by atoms with E-state index in [9.17, 15) is 0 Å². The van der Waals surface area contributed by atoms with E-state index in [1.807, 2.05) is 0 Å². The number of rotatable bonds is 2. The molecule has 1 heteroatoms. The molecule has 2 rings (SSSR count). The zero-order valence-electron chi connectivity index (χ0n) is 9.48. The molecule has 14 heavy (non-hydrogen) atoms. The van der Waals surface area contributed by atoms with E-state index in [-0.39, 0.29) is 5.60 Å². The van der Waals surface area contributed by atoms with Crippen molar-refractivity contribution < 1.29 is 4.74 Å². The van der Waals surface area contributed by atoms with Crippen LogP contribution in [0.4, 0.5) is 0 Å². The second-order valence-corrected chi connectivity index (χ2v) is 4.79. The lowest BCUT2D eigenvalue weighted by Crippen LogP contribution is -2.11. The van der Waals surface area contributed by atoms with E-state index < -0.39 is 0 Å². The number of aryl methyl sites for hydroxylation is 3. The summed E-state index contributed by atoms with van der Waals surface area (Å²) >= 11 is 0. The van der Waals surface area contributed by atoms with E-state index >= 15 is 0 Å². The monoisotopic (exact) mass is 190 g/mol. The van der Waals surface area contributed by atoms with Crippen molar-refractivity contribution in [1.29, 1.82) is 0 Å². The largest absolute Gasteiger partial charge is 0.370 e. The van der Waals surface area contributed by atoms with Crippen molar-refractivity contribution in [2.24, 2.45) is 0 Å². The van der Waals surface area contributed by atoms with Crippen LogP contribution >= 0.6 is 0 Å². The van der Waals surface area contributed by atoms with E-state index in [1.54, 1.807) is 0 Å². The maximum Gasteiger partial charge on any atom is 0.0928 e. The van der Waals surface area contributed by atoms with Crippen LogP contribution < -0.4 is 0 Å². The van der Waals surface area contributed by atoms with Gasteiger partial charge in [-0.1, -0.05) is 17.7 Å². The second kappa shape index (κ2) is 3.09. The van der Waals surface area contributed by atoms with Gasteiger partial charge in [0.2, 0.25) is 0 Å². The number of epoxide rings is 1. The van der Waals surface area contributed by atoms with Gasteiger partial charge in [-0.3, -0.25) is 0 Å². The van der Waals surface area contributed by atoms with E-state index in [0.717, 1.165) is 13.0 Å². The molecule has 0 radical (unpaired) electrons. The first-order valence-corrected chi connectivity index (χ1v) is 5.21. The zero-order chi connectivity index (χ0) is 10.3. The van der Waals surface area contributed by atoms with Gasteiger partial charge in [-0.05, 0) is 44.4 Å². The minimum atomic E-state index is 0.130. The molecule has 1 nitrogen and oxygen atoms in total. The Morgan fingerprint density at radius 2 is 1.71 bits per heavy atom. The number of benzene rings is 1. The molecule has 76 valence electrons. The average Bonchev–Trinajstić information content (AvgIpc) is 2.77. The van der Waals surface area contributed by atoms with Crippen molar-refractivity contribution in [3.05, 3.63) is 34.4 Å². The molecule has 0 aliphatic carbocycles. The summed E-state index contributed by atoms with van der Waals surface area (Å²) in [4.78, 5) is 0. The van der Waals surface area contributed by atoms with Crippen LogP contribution in [0.2, 0.25) is 0 Å². The molecule has 0 saturated carbocycles. The molecule has 1 heterocycles. The highest BCUT2D eigenvalue weighted by Crippen LogP contribution is 2.32. The second-order valence-electron chi connectivity index (χ2n) is 4.79. The first-order chi connectivity index (χ1) is 6.50. The summed E-state index contributed by atoms with van der Waals surface area (Å²) in [5.74, 6) is 0. The van der Waals surface area contributed by atoms with Gasteiger partial charge in [-0.15, -0.1) is 0 Å². The Balaban J connectivity index is 2.32. The number of ether oxygens (including phenoxy) is 1. The number of hydrogen-bond donors (Lipinski definition) is 0.